The van der Waals surface area contributed by atoms with Gasteiger partial charge in [-0.15, -0.1) is 0 Å². The number of aryl methyl sites for hydroxylation is 1. The molecule has 0 bridgehead atoms. The van der Waals surface area contributed by atoms with Crippen molar-refractivity contribution in [2.75, 3.05) is 5.43 Å². The van der Waals surface area contributed by atoms with Crippen molar-refractivity contribution >= 4 is 28.2 Å². The number of hydrazine groups is 1. The van der Waals surface area contributed by atoms with E-state index in [4.69, 9.17) is 17.4 Å². The van der Waals surface area contributed by atoms with Gasteiger partial charge in [-0.05, 0) is 43.4 Å². The van der Waals surface area contributed by atoms with Crippen LogP contribution in [0.5, 0.6) is 0 Å². The standard InChI is InChI=1S/C14H15ClFN3/c15-9-6-7-10(16)14-12(9)13(19-17)8-4-2-1-3-5-11(8)18-14/h6-7H,1-5,17H2,(H,18,19). The predicted octanol–water partition coefficient (Wildman–Crippen LogP) is 3.58. The highest BCUT2D eigenvalue weighted by molar-refractivity contribution is 6.36. The predicted molar refractivity (Wildman–Crippen MR) is 75.8 cm³/mol. The van der Waals surface area contributed by atoms with Gasteiger partial charge in [0.25, 0.3) is 0 Å². The summed E-state index contributed by atoms with van der Waals surface area (Å²) >= 11 is 6.19. The summed E-state index contributed by atoms with van der Waals surface area (Å²) < 4.78 is 14.0. The van der Waals surface area contributed by atoms with Crippen LogP contribution >= 0.6 is 11.6 Å². The van der Waals surface area contributed by atoms with Gasteiger partial charge in [0, 0.05) is 11.1 Å². The Morgan fingerprint density at radius 1 is 1.21 bits per heavy atom. The molecule has 3 rings (SSSR count). The number of pyridine rings is 1. The molecule has 0 fully saturated rings. The second-order valence-corrected chi connectivity index (χ2v) is 5.28. The number of fused-ring (bicyclic) bond motifs is 2. The fourth-order valence-corrected chi connectivity index (χ4v) is 3.04. The molecule has 2 aromatic rings. The molecule has 1 aliphatic carbocycles. The van der Waals surface area contributed by atoms with Gasteiger partial charge in [0.05, 0.1) is 10.7 Å². The molecule has 0 spiro atoms. The number of aromatic nitrogens is 1. The molecule has 3 N–H and O–H groups in total. The van der Waals surface area contributed by atoms with E-state index in [1.165, 1.54) is 6.07 Å². The van der Waals surface area contributed by atoms with Crippen LogP contribution in [-0.4, -0.2) is 4.98 Å². The second kappa shape index (κ2) is 4.94. The normalized spacial score (nSPS) is 15.1. The number of halogens is 2. The molecular formula is C14H15ClFN3. The number of hydrogen-bond donors (Lipinski definition) is 2. The third-order valence-corrected chi connectivity index (χ3v) is 4.02. The van der Waals surface area contributed by atoms with Gasteiger partial charge in [0.1, 0.15) is 11.3 Å². The van der Waals surface area contributed by atoms with E-state index in [1.807, 2.05) is 0 Å². The van der Waals surface area contributed by atoms with Crippen LogP contribution in [-0.2, 0) is 12.8 Å². The molecule has 1 aromatic heterocycles. The average molecular weight is 280 g/mol. The van der Waals surface area contributed by atoms with Gasteiger partial charge in [-0.25, -0.2) is 9.37 Å². The van der Waals surface area contributed by atoms with Gasteiger partial charge < -0.3 is 5.43 Å². The van der Waals surface area contributed by atoms with Crippen LogP contribution in [0.4, 0.5) is 10.1 Å². The Kier molecular flexibility index (Phi) is 3.29. The van der Waals surface area contributed by atoms with Gasteiger partial charge in [-0.3, -0.25) is 5.84 Å². The zero-order chi connectivity index (χ0) is 13.4. The SMILES string of the molecule is NNc1c2c(nc3c(F)ccc(Cl)c13)CCCCC2. The lowest BCUT2D eigenvalue weighted by molar-refractivity contribution is 0.636. The van der Waals surface area contributed by atoms with Crippen LogP contribution in [0, 0.1) is 5.82 Å². The molecule has 1 aromatic carbocycles. The van der Waals surface area contributed by atoms with E-state index in [0.29, 0.717) is 15.9 Å². The summed E-state index contributed by atoms with van der Waals surface area (Å²) in [5.41, 5.74) is 5.76. The molecule has 0 unspecified atom stereocenters. The summed E-state index contributed by atoms with van der Waals surface area (Å²) in [5.74, 6) is 5.29. The van der Waals surface area contributed by atoms with Crippen LogP contribution in [0.15, 0.2) is 12.1 Å². The maximum absolute atomic E-state index is 14.0. The highest BCUT2D eigenvalue weighted by Gasteiger charge is 2.20. The van der Waals surface area contributed by atoms with Crippen LogP contribution in [0.25, 0.3) is 10.9 Å². The zero-order valence-corrected chi connectivity index (χ0v) is 11.2. The molecule has 5 heteroatoms. The number of nitrogen functional groups attached to an aromatic ring is 1. The summed E-state index contributed by atoms with van der Waals surface area (Å²) in [6, 6.07) is 2.89. The molecule has 100 valence electrons. The van der Waals surface area contributed by atoms with E-state index in [2.05, 4.69) is 10.4 Å². The summed E-state index contributed by atoms with van der Waals surface area (Å²) in [6.45, 7) is 0. The van der Waals surface area contributed by atoms with Gasteiger partial charge >= 0.3 is 0 Å². The van der Waals surface area contributed by atoms with Gasteiger partial charge in [-0.2, -0.15) is 0 Å². The van der Waals surface area contributed by atoms with Crippen LogP contribution in [0.3, 0.4) is 0 Å². The monoisotopic (exact) mass is 279 g/mol. The van der Waals surface area contributed by atoms with E-state index in [-0.39, 0.29) is 5.82 Å². The summed E-state index contributed by atoms with van der Waals surface area (Å²) in [5, 5.41) is 1.06. The maximum atomic E-state index is 14.0. The number of benzene rings is 1. The van der Waals surface area contributed by atoms with Crippen LogP contribution < -0.4 is 11.3 Å². The largest absolute Gasteiger partial charge is 0.323 e. The number of hydrogen-bond acceptors (Lipinski definition) is 3. The lowest BCUT2D eigenvalue weighted by atomic mass is 10.0. The number of anilines is 1. The Morgan fingerprint density at radius 3 is 2.79 bits per heavy atom. The Bertz CT molecular complexity index is 642. The van der Waals surface area contributed by atoms with E-state index >= 15 is 0 Å². The van der Waals surface area contributed by atoms with Crippen molar-refractivity contribution in [1.82, 2.24) is 4.98 Å². The molecule has 0 radical (unpaired) electrons. The third-order valence-electron chi connectivity index (χ3n) is 3.71. The van der Waals surface area contributed by atoms with Gasteiger partial charge in [-0.1, -0.05) is 18.0 Å². The number of rotatable bonds is 1. The Morgan fingerprint density at radius 2 is 2.00 bits per heavy atom. The van der Waals surface area contributed by atoms with Crippen molar-refractivity contribution in [2.24, 2.45) is 5.84 Å². The molecular weight excluding hydrogens is 265 g/mol. The van der Waals surface area contributed by atoms with Crippen molar-refractivity contribution in [3.8, 4) is 0 Å². The Labute approximate surface area is 115 Å². The Balaban J connectivity index is 2.39. The van der Waals surface area contributed by atoms with Crippen molar-refractivity contribution < 1.29 is 4.39 Å². The minimum atomic E-state index is -0.358. The van der Waals surface area contributed by atoms with E-state index in [0.717, 1.165) is 49.0 Å². The molecule has 1 heterocycles. The molecule has 0 saturated carbocycles. The second-order valence-electron chi connectivity index (χ2n) is 4.87. The van der Waals surface area contributed by atoms with Gasteiger partial charge in [0.2, 0.25) is 0 Å². The lowest BCUT2D eigenvalue weighted by Crippen LogP contribution is -2.13. The fourth-order valence-electron chi connectivity index (χ4n) is 2.79. The van der Waals surface area contributed by atoms with Crippen molar-refractivity contribution in [3.05, 3.63) is 34.2 Å². The molecule has 0 saturated heterocycles. The molecule has 3 nitrogen and oxygen atoms in total. The first-order valence-electron chi connectivity index (χ1n) is 6.48. The smallest absolute Gasteiger partial charge is 0.149 e. The summed E-state index contributed by atoms with van der Waals surface area (Å²) in [4.78, 5) is 4.49. The minimum Gasteiger partial charge on any atom is -0.323 e. The summed E-state index contributed by atoms with van der Waals surface area (Å²) in [7, 11) is 0. The third kappa shape index (κ3) is 2.05. The van der Waals surface area contributed by atoms with Crippen molar-refractivity contribution in [1.29, 1.82) is 0 Å². The molecule has 0 aliphatic heterocycles. The minimum absolute atomic E-state index is 0.307. The zero-order valence-electron chi connectivity index (χ0n) is 10.5. The number of nitrogens with one attached hydrogen (secondary N) is 1. The molecule has 1 aliphatic rings. The first kappa shape index (κ1) is 12.6. The maximum Gasteiger partial charge on any atom is 0.149 e. The van der Waals surface area contributed by atoms with Crippen LogP contribution in [0.2, 0.25) is 5.02 Å². The fraction of sp³-hybridized carbons (Fsp3) is 0.357. The highest BCUT2D eigenvalue weighted by Crippen LogP contribution is 2.36. The molecule has 19 heavy (non-hydrogen) atoms. The number of nitrogens with zero attached hydrogens (tertiary/aromatic N) is 1. The van der Waals surface area contributed by atoms with E-state index < -0.39 is 0 Å². The lowest BCUT2D eigenvalue weighted by Gasteiger charge is -2.16. The summed E-state index contributed by atoms with van der Waals surface area (Å²) in [6.07, 6.45) is 5.11. The highest BCUT2D eigenvalue weighted by atomic mass is 35.5. The van der Waals surface area contributed by atoms with Crippen molar-refractivity contribution in [3.63, 3.8) is 0 Å². The van der Waals surface area contributed by atoms with E-state index in [1.54, 1.807) is 6.07 Å². The van der Waals surface area contributed by atoms with Gasteiger partial charge in [0.15, 0.2) is 0 Å². The van der Waals surface area contributed by atoms with Crippen LogP contribution in [0.1, 0.15) is 30.5 Å². The first-order chi connectivity index (χ1) is 9.22. The number of nitrogens with two attached hydrogens (primary N) is 1. The van der Waals surface area contributed by atoms with Crippen molar-refractivity contribution in [2.45, 2.75) is 32.1 Å². The molecule has 0 amide bonds. The average Bonchev–Trinajstić information content (AvgIpc) is 2.66. The van der Waals surface area contributed by atoms with E-state index in [9.17, 15) is 4.39 Å². The Hall–Kier alpha value is -1.39. The molecule has 0 atom stereocenters. The quantitative estimate of drug-likeness (QED) is 0.476. The topological polar surface area (TPSA) is 50.9 Å². The first-order valence-corrected chi connectivity index (χ1v) is 6.86.